The third-order valence-electron chi connectivity index (χ3n) is 8.39. The molecule has 1 unspecified atom stereocenters. The van der Waals surface area contributed by atoms with Crippen LogP contribution in [-0.2, 0) is 34.7 Å². The number of hydrogen-bond acceptors (Lipinski definition) is 8. The molecule has 1 N–H and O–H groups in total. The zero-order chi connectivity index (χ0) is 30.9. The Kier molecular flexibility index (Phi) is 8.75. The second-order valence-electron chi connectivity index (χ2n) is 11.2. The van der Waals surface area contributed by atoms with Gasteiger partial charge in [-0.05, 0) is 31.0 Å². The van der Waals surface area contributed by atoms with E-state index in [2.05, 4.69) is 4.90 Å². The van der Waals surface area contributed by atoms with E-state index in [0.717, 1.165) is 23.8 Å². The minimum Gasteiger partial charge on any atom is -0.507 e. The van der Waals surface area contributed by atoms with Gasteiger partial charge in [0.15, 0.2) is 5.54 Å². The van der Waals surface area contributed by atoms with Gasteiger partial charge in [0.25, 0.3) is 17.6 Å². The van der Waals surface area contributed by atoms with E-state index in [0.29, 0.717) is 50.4 Å². The van der Waals surface area contributed by atoms with Crippen LogP contribution in [0, 0.1) is 0 Å². The van der Waals surface area contributed by atoms with Gasteiger partial charge in [0.2, 0.25) is 10.0 Å². The summed E-state index contributed by atoms with van der Waals surface area (Å²) in [5.74, 6) is -2.93. The van der Waals surface area contributed by atoms with Gasteiger partial charge in [0.05, 0.1) is 29.4 Å². The number of ether oxygens (including phenoxy) is 1. The molecule has 2 fully saturated rings. The van der Waals surface area contributed by atoms with Gasteiger partial charge >= 0.3 is 0 Å². The highest BCUT2D eigenvalue weighted by Gasteiger charge is 2.66. The number of rotatable bonds is 10. The van der Waals surface area contributed by atoms with Crippen molar-refractivity contribution in [1.82, 2.24) is 14.1 Å². The van der Waals surface area contributed by atoms with Crippen molar-refractivity contribution < 1.29 is 32.6 Å². The molecule has 0 aromatic heterocycles. The molecule has 2 amide bonds. The van der Waals surface area contributed by atoms with E-state index in [4.69, 9.17) is 4.74 Å². The number of sulfonamides is 1. The number of aliphatic hydroxyl groups excluding tert-OH is 1. The Balaban J connectivity index is 1.67. The van der Waals surface area contributed by atoms with Crippen LogP contribution in [0.15, 0.2) is 59.0 Å². The Labute approximate surface area is 252 Å². The summed E-state index contributed by atoms with van der Waals surface area (Å²) in [5.41, 5.74) is -1.19. The smallest absolute Gasteiger partial charge is 0.296 e. The van der Waals surface area contributed by atoms with Crippen molar-refractivity contribution in [2.45, 2.75) is 36.6 Å². The van der Waals surface area contributed by atoms with Crippen LogP contribution in [0.25, 0.3) is 5.76 Å². The first kappa shape index (κ1) is 30.9. The first-order valence-corrected chi connectivity index (χ1v) is 16.0. The first-order chi connectivity index (χ1) is 20.6. The van der Waals surface area contributed by atoms with Crippen LogP contribution in [0.3, 0.4) is 0 Å². The normalized spacial score (nSPS) is 22.3. The Bertz CT molecular complexity index is 1570. The highest BCUT2D eigenvalue weighted by Crippen LogP contribution is 2.53. The lowest BCUT2D eigenvalue weighted by Gasteiger charge is -2.35. The summed E-state index contributed by atoms with van der Waals surface area (Å²) in [7, 11) is -1.09. The van der Waals surface area contributed by atoms with Gasteiger partial charge in [-0.3, -0.25) is 19.3 Å². The quantitative estimate of drug-likeness (QED) is 0.247. The van der Waals surface area contributed by atoms with E-state index >= 15 is 0 Å². The number of nitrogens with zero attached hydrogens (tertiary/aromatic N) is 4. The number of ketones is 1. The van der Waals surface area contributed by atoms with Crippen molar-refractivity contribution in [3.63, 3.8) is 0 Å². The fourth-order valence-corrected chi connectivity index (χ4v) is 7.09. The minimum atomic E-state index is -3.87. The van der Waals surface area contributed by atoms with Crippen molar-refractivity contribution >= 4 is 39.1 Å². The number of carbonyl (C=O) groups excluding carboxylic acids is 3. The molecule has 1 spiro atoms. The summed E-state index contributed by atoms with van der Waals surface area (Å²) in [6.07, 6.45) is 2.02. The van der Waals surface area contributed by atoms with Gasteiger partial charge in [-0.25, -0.2) is 12.7 Å². The fourth-order valence-electron chi connectivity index (χ4n) is 6.14. The van der Waals surface area contributed by atoms with Gasteiger partial charge in [-0.15, -0.1) is 0 Å². The molecule has 3 aliphatic heterocycles. The van der Waals surface area contributed by atoms with Crippen LogP contribution in [-0.4, -0.2) is 105 Å². The van der Waals surface area contributed by atoms with E-state index in [1.807, 2.05) is 6.92 Å². The largest absolute Gasteiger partial charge is 0.507 e. The molecule has 2 aromatic carbocycles. The standard InChI is InChI=1S/C31H38N4O7S/c1-4-5-15-34-25-13-7-6-12-24(25)31(30(34)39)26(27(36)22-10-8-11-23(21-22)43(40,41)32(2)3)28(37)29(38)35(31)16-9-14-33-17-19-42-20-18-33/h6-8,10-13,21,36H,4-5,9,14-20H2,1-3H3/b27-26+. The summed E-state index contributed by atoms with van der Waals surface area (Å²) >= 11 is 0. The highest BCUT2D eigenvalue weighted by molar-refractivity contribution is 7.89. The van der Waals surface area contributed by atoms with Crippen molar-refractivity contribution in [3.05, 3.63) is 65.2 Å². The van der Waals surface area contributed by atoms with Gasteiger partial charge in [0.1, 0.15) is 5.76 Å². The van der Waals surface area contributed by atoms with Crippen LogP contribution in [0.1, 0.15) is 37.3 Å². The number of carbonyl (C=O) groups is 3. The van der Waals surface area contributed by atoms with E-state index in [1.54, 1.807) is 29.2 Å². The monoisotopic (exact) mass is 610 g/mol. The molecule has 230 valence electrons. The molecule has 2 aromatic rings. The third kappa shape index (κ3) is 5.16. The topological polar surface area (TPSA) is 128 Å². The molecular formula is C31H38N4O7S. The molecule has 11 nitrogen and oxygen atoms in total. The highest BCUT2D eigenvalue weighted by atomic mass is 32.2. The number of amides is 2. The molecule has 43 heavy (non-hydrogen) atoms. The Morgan fingerprint density at radius 3 is 2.40 bits per heavy atom. The number of anilines is 1. The molecule has 5 rings (SSSR count). The number of benzene rings is 2. The number of unbranched alkanes of at least 4 members (excludes halogenated alkanes) is 1. The zero-order valence-corrected chi connectivity index (χ0v) is 25.6. The molecule has 0 radical (unpaired) electrons. The Morgan fingerprint density at radius 1 is 0.977 bits per heavy atom. The Morgan fingerprint density at radius 2 is 1.70 bits per heavy atom. The Hall–Kier alpha value is -3.58. The lowest BCUT2D eigenvalue weighted by molar-refractivity contribution is -0.143. The van der Waals surface area contributed by atoms with E-state index in [1.165, 1.54) is 43.3 Å². The summed E-state index contributed by atoms with van der Waals surface area (Å²) < 4.78 is 32.2. The van der Waals surface area contributed by atoms with Crippen molar-refractivity contribution in [3.8, 4) is 0 Å². The van der Waals surface area contributed by atoms with Crippen LogP contribution in [0.2, 0.25) is 0 Å². The lowest BCUT2D eigenvalue weighted by atomic mass is 9.82. The number of likely N-dealkylation sites (tertiary alicyclic amines) is 1. The minimum absolute atomic E-state index is 0.0194. The maximum atomic E-state index is 14.6. The maximum absolute atomic E-state index is 14.6. The van der Waals surface area contributed by atoms with Crippen molar-refractivity contribution in [1.29, 1.82) is 0 Å². The molecule has 2 saturated heterocycles. The average Bonchev–Trinajstić information content (AvgIpc) is 3.38. The van der Waals surface area contributed by atoms with Gasteiger partial charge in [0, 0.05) is 57.9 Å². The number of Topliss-reactive ketones (excluding diaryl/α,β-unsaturated/α-hetero) is 1. The van der Waals surface area contributed by atoms with E-state index in [-0.39, 0.29) is 22.6 Å². The van der Waals surface area contributed by atoms with E-state index < -0.39 is 38.9 Å². The number of fused-ring (bicyclic) bond motifs is 2. The molecule has 12 heteroatoms. The predicted octanol–water partition coefficient (Wildman–Crippen LogP) is 2.38. The van der Waals surface area contributed by atoms with Crippen LogP contribution in [0.5, 0.6) is 0 Å². The second-order valence-corrected chi connectivity index (χ2v) is 13.3. The summed E-state index contributed by atoms with van der Waals surface area (Å²) in [6.45, 7) is 5.87. The van der Waals surface area contributed by atoms with Gasteiger partial charge < -0.3 is 19.6 Å². The third-order valence-corrected chi connectivity index (χ3v) is 10.2. The summed E-state index contributed by atoms with van der Waals surface area (Å²) in [4.78, 5) is 47.3. The molecule has 1 atom stereocenters. The molecule has 0 aliphatic carbocycles. The van der Waals surface area contributed by atoms with Crippen LogP contribution >= 0.6 is 0 Å². The fraction of sp³-hybridized carbons (Fsp3) is 0.452. The maximum Gasteiger partial charge on any atom is 0.296 e. The van der Waals surface area contributed by atoms with Crippen molar-refractivity contribution in [2.75, 3.05) is 64.9 Å². The average molecular weight is 611 g/mol. The summed E-state index contributed by atoms with van der Waals surface area (Å²) in [6, 6.07) is 12.6. The molecular weight excluding hydrogens is 572 g/mol. The number of hydrogen-bond donors (Lipinski definition) is 1. The molecule has 0 saturated carbocycles. The zero-order valence-electron chi connectivity index (χ0n) is 24.8. The van der Waals surface area contributed by atoms with Crippen LogP contribution in [0.4, 0.5) is 5.69 Å². The summed E-state index contributed by atoms with van der Waals surface area (Å²) in [5, 5.41) is 11.8. The molecule has 3 heterocycles. The first-order valence-electron chi connectivity index (χ1n) is 14.6. The van der Waals surface area contributed by atoms with Gasteiger partial charge in [-0.2, -0.15) is 0 Å². The lowest BCUT2D eigenvalue weighted by Crippen LogP contribution is -2.52. The van der Waals surface area contributed by atoms with Crippen molar-refractivity contribution in [2.24, 2.45) is 0 Å². The van der Waals surface area contributed by atoms with Crippen LogP contribution < -0.4 is 4.90 Å². The number of para-hydroxylation sites is 1. The second kappa shape index (κ2) is 12.2. The SMILES string of the molecule is CCCCN1C(=O)C2(/C(=C(/O)c3cccc(S(=O)(=O)N(C)C)c3)C(=O)C(=O)N2CCCN2CCOCC2)c2ccccc21. The predicted molar refractivity (Wildman–Crippen MR) is 161 cm³/mol. The van der Waals surface area contributed by atoms with E-state index in [9.17, 15) is 27.9 Å². The van der Waals surface area contributed by atoms with Gasteiger partial charge in [-0.1, -0.05) is 43.7 Å². The molecule has 3 aliphatic rings. The molecule has 0 bridgehead atoms. The number of aliphatic hydroxyl groups is 1. The number of morpholine rings is 1.